The Morgan fingerprint density at radius 1 is 1.03 bits per heavy atom. The van der Waals surface area contributed by atoms with E-state index in [4.69, 9.17) is 0 Å². The van der Waals surface area contributed by atoms with Crippen LogP contribution in [-0.2, 0) is 14.8 Å². The van der Waals surface area contributed by atoms with Crippen LogP contribution < -0.4 is 9.62 Å². The minimum absolute atomic E-state index is 0.0239. The second kappa shape index (κ2) is 11.0. The number of amides is 1. The number of benzene rings is 2. The highest BCUT2D eigenvalue weighted by Crippen LogP contribution is 2.43. The number of rotatable bonds is 7. The molecular weight excluding hydrogens is 520 g/mol. The molecule has 5 rings (SSSR count). The van der Waals surface area contributed by atoms with Gasteiger partial charge in [0.05, 0.1) is 10.6 Å². The number of carbonyl (C=O) groups is 2. The minimum Gasteiger partial charge on any atom is -0.477 e. The van der Waals surface area contributed by atoms with Gasteiger partial charge in [-0.05, 0) is 55.9 Å². The Labute approximate surface area is 227 Å². The van der Waals surface area contributed by atoms with E-state index in [1.54, 1.807) is 29.2 Å². The van der Waals surface area contributed by atoms with Gasteiger partial charge in [-0.1, -0.05) is 67.3 Å². The van der Waals surface area contributed by atoms with Crippen molar-refractivity contribution in [2.75, 3.05) is 4.90 Å². The zero-order valence-corrected chi connectivity index (χ0v) is 22.9. The number of carboxylic acids is 1. The predicted octanol–water partition coefficient (Wildman–Crippen LogP) is 5.84. The Hall–Kier alpha value is -3.01. The van der Waals surface area contributed by atoms with Crippen molar-refractivity contribution in [1.29, 1.82) is 0 Å². The molecule has 2 N–H and O–H groups in total. The highest BCUT2D eigenvalue weighted by molar-refractivity contribution is 7.89. The number of aryl methyl sites for hydroxylation is 1. The average Bonchev–Trinajstić information content (AvgIpc) is 3.35. The lowest BCUT2D eigenvalue weighted by atomic mass is 9.78. The summed E-state index contributed by atoms with van der Waals surface area (Å²) in [6.45, 7) is 1.89. The number of carbonyl (C=O) groups excluding carboxylic acids is 1. The van der Waals surface area contributed by atoms with Crippen molar-refractivity contribution in [3.05, 3.63) is 71.1 Å². The lowest BCUT2D eigenvalue weighted by Crippen LogP contribution is -2.56. The van der Waals surface area contributed by atoms with E-state index in [9.17, 15) is 23.1 Å². The first kappa shape index (κ1) is 26.6. The molecule has 9 heteroatoms. The van der Waals surface area contributed by atoms with Gasteiger partial charge >= 0.3 is 5.97 Å². The van der Waals surface area contributed by atoms with Crippen LogP contribution in [-0.4, -0.2) is 37.5 Å². The van der Waals surface area contributed by atoms with Crippen molar-refractivity contribution in [2.24, 2.45) is 5.92 Å². The molecule has 1 aromatic heterocycles. The van der Waals surface area contributed by atoms with Gasteiger partial charge in [-0.15, -0.1) is 11.3 Å². The Kier molecular flexibility index (Phi) is 7.70. The summed E-state index contributed by atoms with van der Waals surface area (Å²) in [6, 6.07) is 17.2. The fraction of sp³-hybridized carbons (Fsp3) is 0.379. The Bertz CT molecular complexity index is 1410. The molecule has 1 saturated carbocycles. The number of aromatic carboxylic acids is 1. The maximum Gasteiger partial charge on any atom is 0.348 e. The van der Waals surface area contributed by atoms with Crippen LogP contribution >= 0.6 is 11.3 Å². The van der Waals surface area contributed by atoms with Gasteiger partial charge < -0.3 is 10.0 Å². The van der Waals surface area contributed by atoms with Gasteiger partial charge in [-0.2, -0.15) is 0 Å². The molecule has 200 valence electrons. The van der Waals surface area contributed by atoms with Gasteiger partial charge in [0.1, 0.15) is 4.88 Å². The molecule has 1 aliphatic carbocycles. The number of anilines is 1. The number of thiophene rings is 1. The first-order chi connectivity index (χ1) is 18.2. The van der Waals surface area contributed by atoms with Crippen molar-refractivity contribution in [3.8, 4) is 10.4 Å². The van der Waals surface area contributed by atoms with Gasteiger partial charge in [0.15, 0.2) is 0 Å². The summed E-state index contributed by atoms with van der Waals surface area (Å²) >= 11 is 1.17. The molecule has 0 unspecified atom stereocenters. The van der Waals surface area contributed by atoms with Crippen LogP contribution in [0.4, 0.5) is 5.69 Å². The van der Waals surface area contributed by atoms with E-state index in [0.717, 1.165) is 48.1 Å². The third-order valence-corrected chi connectivity index (χ3v) is 10.3. The standard InChI is InChI=1S/C29H32N2O5S2/c1-19-12-14-23(15-13-19)38(35,36)30-22-16-24(20-8-4-2-5-9-20)31(27(32)17-22)25-18-26(37-28(25)29(33)34)21-10-6-3-7-11-21/h3,6-7,10-15,18,20,22,24,30H,2,4-5,8-9,16-17H2,1H3,(H,33,34)/t22-,24-/m1/s1. The molecule has 38 heavy (non-hydrogen) atoms. The highest BCUT2D eigenvalue weighted by atomic mass is 32.2. The molecule has 7 nitrogen and oxygen atoms in total. The molecule has 2 heterocycles. The van der Waals surface area contributed by atoms with Crippen LogP contribution in [0.25, 0.3) is 10.4 Å². The quantitative estimate of drug-likeness (QED) is 0.383. The molecular formula is C29H32N2O5S2. The van der Waals surface area contributed by atoms with Crippen LogP contribution in [0.2, 0.25) is 0 Å². The van der Waals surface area contributed by atoms with Crippen LogP contribution in [0, 0.1) is 12.8 Å². The summed E-state index contributed by atoms with van der Waals surface area (Å²) < 4.78 is 29.1. The summed E-state index contributed by atoms with van der Waals surface area (Å²) in [7, 11) is -3.80. The molecule has 2 aliphatic rings. The van der Waals surface area contributed by atoms with Crippen LogP contribution in [0.5, 0.6) is 0 Å². The fourth-order valence-electron chi connectivity index (χ4n) is 5.76. The minimum atomic E-state index is -3.80. The molecule has 0 bridgehead atoms. The van der Waals surface area contributed by atoms with Gasteiger partial charge in [0.25, 0.3) is 0 Å². The van der Waals surface area contributed by atoms with E-state index in [1.165, 1.54) is 11.3 Å². The monoisotopic (exact) mass is 552 g/mol. The first-order valence-corrected chi connectivity index (χ1v) is 15.4. The van der Waals surface area contributed by atoms with E-state index in [-0.39, 0.29) is 34.1 Å². The van der Waals surface area contributed by atoms with Crippen molar-refractivity contribution < 1.29 is 23.1 Å². The Morgan fingerprint density at radius 3 is 2.37 bits per heavy atom. The SMILES string of the molecule is Cc1ccc(S(=O)(=O)N[C@H]2CC(=O)N(c3cc(-c4ccccc4)sc3C(=O)O)[C@@H](C3CCCCC3)C2)cc1. The van der Waals surface area contributed by atoms with E-state index >= 15 is 0 Å². The summed E-state index contributed by atoms with van der Waals surface area (Å²) in [5.74, 6) is -1.13. The summed E-state index contributed by atoms with van der Waals surface area (Å²) in [4.78, 5) is 28.8. The van der Waals surface area contributed by atoms with Crippen molar-refractivity contribution in [3.63, 3.8) is 0 Å². The number of nitrogens with one attached hydrogen (secondary N) is 1. The number of carboxylic acid groups (broad SMARTS) is 1. The molecule has 3 aromatic rings. The highest BCUT2D eigenvalue weighted by Gasteiger charge is 2.42. The van der Waals surface area contributed by atoms with Crippen molar-refractivity contribution >= 4 is 38.9 Å². The molecule has 2 atom stereocenters. The number of hydrogen-bond acceptors (Lipinski definition) is 5. The van der Waals surface area contributed by atoms with Crippen LogP contribution in [0.1, 0.15) is 60.2 Å². The summed E-state index contributed by atoms with van der Waals surface area (Å²) in [6.07, 6.45) is 5.52. The van der Waals surface area contributed by atoms with E-state index in [2.05, 4.69) is 4.72 Å². The zero-order valence-electron chi connectivity index (χ0n) is 21.3. The largest absolute Gasteiger partial charge is 0.477 e. The van der Waals surface area contributed by atoms with Gasteiger partial charge in [-0.3, -0.25) is 4.79 Å². The normalized spacial score (nSPS) is 21.0. The molecule has 1 aliphatic heterocycles. The lowest BCUT2D eigenvalue weighted by Gasteiger charge is -2.44. The molecule has 1 saturated heterocycles. The summed E-state index contributed by atoms with van der Waals surface area (Å²) in [5, 5.41) is 10.1. The van der Waals surface area contributed by atoms with E-state index in [0.29, 0.717) is 12.1 Å². The Morgan fingerprint density at radius 2 is 1.71 bits per heavy atom. The molecule has 0 radical (unpaired) electrons. The van der Waals surface area contributed by atoms with Crippen molar-refractivity contribution in [1.82, 2.24) is 4.72 Å². The van der Waals surface area contributed by atoms with E-state index in [1.807, 2.05) is 43.3 Å². The predicted molar refractivity (Wildman–Crippen MR) is 149 cm³/mol. The van der Waals surface area contributed by atoms with Crippen LogP contribution in [0.15, 0.2) is 65.6 Å². The number of hydrogen-bond donors (Lipinski definition) is 2. The smallest absolute Gasteiger partial charge is 0.348 e. The summed E-state index contributed by atoms with van der Waals surface area (Å²) in [5.41, 5.74) is 2.28. The van der Waals surface area contributed by atoms with Crippen LogP contribution in [0.3, 0.4) is 0 Å². The maximum atomic E-state index is 13.7. The average molecular weight is 553 g/mol. The van der Waals surface area contributed by atoms with Gasteiger partial charge in [-0.25, -0.2) is 17.9 Å². The molecule has 2 aromatic carbocycles. The maximum absolute atomic E-state index is 13.7. The number of sulfonamides is 1. The van der Waals surface area contributed by atoms with Crippen molar-refractivity contribution in [2.45, 2.75) is 68.8 Å². The zero-order chi connectivity index (χ0) is 26.9. The number of nitrogens with zero attached hydrogens (tertiary/aromatic N) is 1. The third-order valence-electron chi connectivity index (χ3n) is 7.62. The number of piperidine rings is 1. The van der Waals surface area contributed by atoms with Gasteiger partial charge in [0, 0.05) is 23.4 Å². The topological polar surface area (TPSA) is 104 Å². The first-order valence-electron chi connectivity index (χ1n) is 13.1. The lowest BCUT2D eigenvalue weighted by molar-refractivity contribution is -0.121. The molecule has 1 amide bonds. The Balaban J connectivity index is 1.49. The third kappa shape index (κ3) is 5.55. The molecule has 2 fully saturated rings. The second-order valence-electron chi connectivity index (χ2n) is 10.3. The van der Waals surface area contributed by atoms with E-state index < -0.39 is 22.0 Å². The second-order valence-corrected chi connectivity index (χ2v) is 13.1. The fourth-order valence-corrected chi connectivity index (χ4v) is 8.00. The molecule has 0 spiro atoms. The van der Waals surface area contributed by atoms with Gasteiger partial charge in [0.2, 0.25) is 15.9 Å².